The number of ether oxygens (including phenoxy) is 2. The summed E-state index contributed by atoms with van der Waals surface area (Å²) in [4.78, 5) is 18.7. The highest BCUT2D eigenvalue weighted by atomic mass is 35.5. The van der Waals surface area contributed by atoms with Gasteiger partial charge in [0.2, 0.25) is 11.1 Å². The van der Waals surface area contributed by atoms with E-state index in [-0.39, 0.29) is 5.91 Å². The number of halogens is 1. The van der Waals surface area contributed by atoms with Crippen LogP contribution in [0.15, 0.2) is 77.1 Å². The Labute approximate surface area is 242 Å². The van der Waals surface area contributed by atoms with Crippen LogP contribution in [0.2, 0.25) is 5.02 Å². The summed E-state index contributed by atoms with van der Waals surface area (Å²) in [7, 11) is 3.21. The fraction of sp³-hybridized carbons (Fsp3) is 0.233. The molecule has 10 heteroatoms. The van der Waals surface area contributed by atoms with E-state index in [0.717, 1.165) is 27.9 Å². The van der Waals surface area contributed by atoms with Gasteiger partial charge in [-0.2, -0.15) is 4.98 Å². The molecule has 3 aromatic carbocycles. The van der Waals surface area contributed by atoms with Gasteiger partial charge < -0.3 is 20.1 Å². The van der Waals surface area contributed by atoms with Crippen molar-refractivity contribution in [2.45, 2.75) is 37.7 Å². The fourth-order valence-electron chi connectivity index (χ4n) is 4.66. The molecule has 0 aliphatic carbocycles. The maximum Gasteiger partial charge on any atom is 0.255 e. The molecular formula is C30H30ClN5O3S. The zero-order chi connectivity index (χ0) is 28.4. The van der Waals surface area contributed by atoms with Gasteiger partial charge in [-0.25, -0.2) is 4.68 Å². The third-order valence-electron chi connectivity index (χ3n) is 6.98. The Morgan fingerprint density at radius 1 is 1.07 bits per heavy atom. The highest BCUT2D eigenvalue weighted by Gasteiger charge is 2.36. The molecule has 0 bridgehead atoms. The van der Waals surface area contributed by atoms with Gasteiger partial charge in [-0.05, 0) is 67.8 Å². The summed E-state index contributed by atoms with van der Waals surface area (Å²) in [6.07, 6.45) is 0. The van der Waals surface area contributed by atoms with Crippen LogP contribution in [-0.4, -0.2) is 34.9 Å². The SMILES string of the molecule is COc1ccc(OC)c(C2C(C(=O)Nc3cccc(C)c3C)=C(C)Nc3nc(SCc4ccccc4Cl)nn32)c1. The van der Waals surface area contributed by atoms with Crippen molar-refractivity contribution in [1.29, 1.82) is 0 Å². The second-order valence-corrected chi connectivity index (χ2v) is 10.8. The van der Waals surface area contributed by atoms with Crippen LogP contribution in [0.3, 0.4) is 0 Å². The summed E-state index contributed by atoms with van der Waals surface area (Å²) in [5.74, 6) is 2.11. The number of aromatic nitrogens is 3. The van der Waals surface area contributed by atoms with Crippen LogP contribution < -0.4 is 20.1 Å². The predicted octanol–water partition coefficient (Wildman–Crippen LogP) is 6.79. The second-order valence-electron chi connectivity index (χ2n) is 9.42. The van der Waals surface area contributed by atoms with E-state index in [4.69, 9.17) is 31.2 Å². The molecule has 1 aromatic heterocycles. The molecule has 0 saturated carbocycles. The van der Waals surface area contributed by atoms with Gasteiger partial charge in [0.25, 0.3) is 5.91 Å². The average Bonchev–Trinajstić information content (AvgIpc) is 3.36. The van der Waals surface area contributed by atoms with E-state index in [1.165, 1.54) is 11.8 Å². The van der Waals surface area contributed by atoms with Gasteiger partial charge >= 0.3 is 0 Å². The summed E-state index contributed by atoms with van der Waals surface area (Å²) in [5, 5.41) is 12.5. The van der Waals surface area contributed by atoms with Crippen molar-refractivity contribution in [2.24, 2.45) is 0 Å². The number of allylic oxidation sites excluding steroid dienone is 1. The number of hydrogen-bond donors (Lipinski definition) is 2. The molecule has 1 aliphatic heterocycles. The lowest BCUT2D eigenvalue weighted by atomic mass is 9.93. The molecule has 40 heavy (non-hydrogen) atoms. The first kappa shape index (κ1) is 27.6. The monoisotopic (exact) mass is 575 g/mol. The number of thioether (sulfide) groups is 1. The summed E-state index contributed by atoms with van der Waals surface area (Å²) < 4.78 is 13.0. The van der Waals surface area contributed by atoms with Crippen LogP contribution in [0, 0.1) is 13.8 Å². The lowest BCUT2D eigenvalue weighted by Gasteiger charge is -2.30. The van der Waals surface area contributed by atoms with E-state index in [0.29, 0.717) is 44.6 Å². The number of benzene rings is 3. The van der Waals surface area contributed by atoms with E-state index in [2.05, 4.69) is 10.6 Å². The normalized spacial score (nSPS) is 14.4. The van der Waals surface area contributed by atoms with Crippen LogP contribution in [0.25, 0.3) is 0 Å². The second kappa shape index (κ2) is 11.7. The van der Waals surface area contributed by atoms with Gasteiger partial charge in [-0.1, -0.05) is 53.7 Å². The number of anilines is 2. The van der Waals surface area contributed by atoms with Gasteiger partial charge in [0.15, 0.2) is 0 Å². The first-order chi connectivity index (χ1) is 19.3. The smallest absolute Gasteiger partial charge is 0.255 e. The lowest BCUT2D eigenvalue weighted by Crippen LogP contribution is -2.32. The Balaban J connectivity index is 1.57. The van der Waals surface area contributed by atoms with Crippen molar-refractivity contribution in [3.8, 4) is 11.5 Å². The molecule has 5 rings (SSSR count). The minimum Gasteiger partial charge on any atom is -0.497 e. The van der Waals surface area contributed by atoms with Gasteiger partial charge in [0, 0.05) is 27.7 Å². The number of nitrogens with zero attached hydrogens (tertiary/aromatic N) is 3. The number of nitrogens with one attached hydrogen (secondary N) is 2. The van der Waals surface area contributed by atoms with Gasteiger partial charge in [0.1, 0.15) is 17.5 Å². The zero-order valence-electron chi connectivity index (χ0n) is 22.9. The van der Waals surface area contributed by atoms with Gasteiger partial charge in [-0.15, -0.1) is 5.10 Å². The maximum absolute atomic E-state index is 14.0. The minimum atomic E-state index is -0.631. The molecule has 2 N–H and O–H groups in total. The fourth-order valence-corrected chi connectivity index (χ4v) is 5.78. The minimum absolute atomic E-state index is 0.250. The largest absolute Gasteiger partial charge is 0.497 e. The molecule has 1 atom stereocenters. The Hall–Kier alpha value is -3.95. The number of hydrogen-bond acceptors (Lipinski definition) is 7. The van der Waals surface area contributed by atoms with E-state index in [9.17, 15) is 4.79 Å². The molecule has 1 amide bonds. The number of amides is 1. The van der Waals surface area contributed by atoms with Crippen LogP contribution in [0.5, 0.6) is 11.5 Å². The molecule has 4 aromatic rings. The van der Waals surface area contributed by atoms with Crippen molar-refractivity contribution < 1.29 is 14.3 Å². The van der Waals surface area contributed by atoms with Crippen LogP contribution in [0.1, 0.15) is 35.2 Å². The Morgan fingerprint density at radius 2 is 1.88 bits per heavy atom. The van der Waals surface area contributed by atoms with Crippen molar-refractivity contribution in [3.63, 3.8) is 0 Å². The number of carbonyl (C=O) groups is 1. The molecule has 0 spiro atoms. The summed E-state index contributed by atoms with van der Waals surface area (Å²) in [5.41, 5.74) is 5.73. The van der Waals surface area contributed by atoms with E-state index >= 15 is 0 Å². The number of fused-ring (bicyclic) bond motifs is 1. The quantitative estimate of drug-likeness (QED) is 0.224. The molecule has 206 valence electrons. The molecule has 8 nitrogen and oxygen atoms in total. The first-order valence-electron chi connectivity index (χ1n) is 12.7. The summed E-state index contributed by atoms with van der Waals surface area (Å²) in [6, 6.07) is 18.4. The van der Waals surface area contributed by atoms with E-state index in [1.807, 2.05) is 81.4 Å². The average molecular weight is 576 g/mol. The van der Waals surface area contributed by atoms with Crippen molar-refractivity contribution in [2.75, 3.05) is 24.9 Å². The van der Waals surface area contributed by atoms with Crippen LogP contribution in [-0.2, 0) is 10.5 Å². The Morgan fingerprint density at radius 3 is 2.62 bits per heavy atom. The van der Waals surface area contributed by atoms with Crippen LogP contribution in [0.4, 0.5) is 11.6 Å². The Kier molecular flexibility index (Phi) is 8.04. The topological polar surface area (TPSA) is 90.3 Å². The van der Waals surface area contributed by atoms with Crippen LogP contribution >= 0.6 is 23.4 Å². The molecular weight excluding hydrogens is 546 g/mol. The molecule has 0 radical (unpaired) electrons. The number of carbonyl (C=O) groups excluding carboxylic acids is 1. The molecule has 1 aliphatic rings. The van der Waals surface area contributed by atoms with Crippen molar-refractivity contribution >= 4 is 40.9 Å². The van der Waals surface area contributed by atoms with E-state index in [1.54, 1.807) is 18.9 Å². The predicted molar refractivity (Wildman–Crippen MR) is 160 cm³/mol. The van der Waals surface area contributed by atoms with Gasteiger partial charge in [0.05, 0.1) is 19.8 Å². The third kappa shape index (κ3) is 5.39. The lowest BCUT2D eigenvalue weighted by molar-refractivity contribution is -0.113. The highest BCUT2D eigenvalue weighted by Crippen LogP contribution is 2.42. The number of methoxy groups -OCH3 is 2. The van der Waals surface area contributed by atoms with Crippen molar-refractivity contribution in [3.05, 3.63) is 99.2 Å². The number of rotatable bonds is 8. The first-order valence-corrected chi connectivity index (χ1v) is 14.1. The molecule has 0 saturated heterocycles. The zero-order valence-corrected chi connectivity index (χ0v) is 24.5. The summed E-state index contributed by atoms with van der Waals surface area (Å²) in [6.45, 7) is 5.88. The molecule has 2 heterocycles. The molecule has 0 fully saturated rings. The Bertz CT molecular complexity index is 1620. The van der Waals surface area contributed by atoms with Crippen molar-refractivity contribution in [1.82, 2.24) is 14.8 Å². The number of aryl methyl sites for hydroxylation is 1. The highest BCUT2D eigenvalue weighted by molar-refractivity contribution is 7.98. The summed E-state index contributed by atoms with van der Waals surface area (Å²) >= 11 is 7.84. The maximum atomic E-state index is 14.0. The standard InChI is InChI=1S/C30H30ClN5O3S/c1-17-9-8-12-24(18(17)2)33-28(37)26-19(3)32-29-34-30(40-16-20-10-6-7-11-23(20)31)35-36(29)27(26)22-15-21(38-4)13-14-25(22)39-5/h6-15,27H,16H2,1-5H3,(H,33,37)(H,32,34,35). The third-order valence-corrected chi connectivity index (χ3v) is 8.23. The molecule has 1 unspecified atom stereocenters. The van der Waals surface area contributed by atoms with Gasteiger partial charge in [-0.3, -0.25) is 4.79 Å². The van der Waals surface area contributed by atoms with E-state index < -0.39 is 6.04 Å².